The summed E-state index contributed by atoms with van der Waals surface area (Å²) >= 11 is 0. The van der Waals surface area contributed by atoms with Crippen molar-refractivity contribution in [3.63, 3.8) is 0 Å². The van der Waals surface area contributed by atoms with E-state index in [0.717, 1.165) is 0 Å². The van der Waals surface area contributed by atoms with Crippen LogP contribution < -0.4 is 9.47 Å². The average Bonchev–Trinajstić information content (AvgIpc) is 2.28. The van der Waals surface area contributed by atoms with Gasteiger partial charge in [0.25, 0.3) is 5.92 Å². The van der Waals surface area contributed by atoms with Gasteiger partial charge in [-0.3, -0.25) is 0 Å². The highest BCUT2D eigenvalue weighted by Crippen LogP contribution is 2.37. The maximum Gasteiger partial charge on any atom is 0.296 e. The Morgan fingerprint density at radius 3 is 2.12 bits per heavy atom. The molecule has 0 radical (unpaired) electrons. The highest BCUT2D eigenvalue weighted by molar-refractivity contribution is 5.48. The van der Waals surface area contributed by atoms with Crippen molar-refractivity contribution in [1.82, 2.24) is 0 Å². The van der Waals surface area contributed by atoms with Gasteiger partial charge in [-0.05, 0) is 24.6 Å². The summed E-state index contributed by atoms with van der Waals surface area (Å²) in [5, 5.41) is 8.64. The van der Waals surface area contributed by atoms with Crippen molar-refractivity contribution in [2.75, 3.05) is 20.8 Å². The predicted molar refractivity (Wildman–Crippen MR) is 55.3 cm³/mol. The summed E-state index contributed by atoms with van der Waals surface area (Å²) in [7, 11) is 2.80. The molecule has 0 saturated carbocycles. The minimum absolute atomic E-state index is 0.219. The van der Waals surface area contributed by atoms with E-state index in [0.29, 0.717) is 11.3 Å². The van der Waals surface area contributed by atoms with Crippen LogP contribution in [0, 0.1) is 6.92 Å². The second kappa shape index (κ2) is 4.65. The van der Waals surface area contributed by atoms with Gasteiger partial charge in [0.2, 0.25) is 0 Å². The molecule has 0 heterocycles. The third-order valence-electron chi connectivity index (χ3n) is 2.32. The van der Waals surface area contributed by atoms with Crippen molar-refractivity contribution >= 4 is 0 Å². The first-order chi connectivity index (χ1) is 7.46. The van der Waals surface area contributed by atoms with Crippen molar-refractivity contribution in [2.24, 2.45) is 0 Å². The highest BCUT2D eigenvalue weighted by atomic mass is 19.3. The largest absolute Gasteiger partial charge is 0.493 e. The second-order valence-electron chi connectivity index (χ2n) is 3.38. The molecule has 0 aliphatic rings. The summed E-state index contributed by atoms with van der Waals surface area (Å²) < 4.78 is 36.6. The van der Waals surface area contributed by atoms with E-state index in [-0.39, 0.29) is 11.3 Å². The molecule has 0 amide bonds. The normalized spacial score (nSPS) is 11.4. The number of rotatable bonds is 4. The SMILES string of the molecule is COc1cc(C)c(C(F)(F)CO)cc1OC. The van der Waals surface area contributed by atoms with Crippen LogP contribution in [-0.2, 0) is 5.92 Å². The van der Waals surface area contributed by atoms with Gasteiger partial charge in [0.1, 0.15) is 6.61 Å². The van der Waals surface area contributed by atoms with Gasteiger partial charge in [-0.15, -0.1) is 0 Å². The Morgan fingerprint density at radius 2 is 1.69 bits per heavy atom. The molecule has 0 aliphatic carbocycles. The molecule has 0 fully saturated rings. The van der Waals surface area contributed by atoms with Gasteiger partial charge in [-0.2, -0.15) is 8.78 Å². The lowest BCUT2D eigenvalue weighted by Crippen LogP contribution is -2.20. The van der Waals surface area contributed by atoms with E-state index in [9.17, 15) is 8.78 Å². The van der Waals surface area contributed by atoms with Crippen LogP contribution >= 0.6 is 0 Å². The van der Waals surface area contributed by atoms with Crippen LogP contribution in [-0.4, -0.2) is 25.9 Å². The Labute approximate surface area is 92.6 Å². The number of hydrogen-bond donors (Lipinski definition) is 1. The van der Waals surface area contributed by atoms with Gasteiger partial charge in [0, 0.05) is 5.56 Å². The molecule has 0 saturated heterocycles. The third-order valence-corrected chi connectivity index (χ3v) is 2.32. The fourth-order valence-corrected chi connectivity index (χ4v) is 1.46. The Balaban J connectivity index is 3.32. The topological polar surface area (TPSA) is 38.7 Å². The molecule has 0 aliphatic heterocycles. The lowest BCUT2D eigenvalue weighted by Gasteiger charge is -2.18. The van der Waals surface area contributed by atoms with E-state index >= 15 is 0 Å². The Bertz CT molecular complexity index is 378. The number of methoxy groups -OCH3 is 2. The fraction of sp³-hybridized carbons (Fsp3) is 0.455. The van der Waals surface area contributed by atoms with Crippen LogP contribution in [0.25, 0.3) is 0 Å². The molecule has 0 spiro atoms. The zero-order chi connectivity index (χ0) is 12.3. The molecule has 1 aromatic carbocycles. The van der Waals surface area contributed by atoms with Crippen LogP contribution in [0.5, 0.6) is 11.5 Å². The maximum atomic E-state index is 13.4. The number of alkyl halides is 2. The summed E-state index contributed by atoms with van der Waals surface area (Å²) in [5.41, 5.74) is 0.0874. The summed E-state index contributed by atoms with van der Waals surface area (Å²) in [5.74, 6) is -2.67. The van der Waals surface area contributed by atoms with Crippen LogP contribution in [0.1, 0.15) is 11.1 Å². The Morgan fingerprint density at radius 1 is 1.19 bits per heavy atom. The van der Waals surface area contributed by atoms with E-state index in [1.165, 1.54) is 33.3 Å². The van der Waals surface area contributed by atoms with Gasteiger partial charge in [0.05, 0.1) is 14.2 Å². The molecule has 5 heteroatoms. The number of aliphatic hydroxyl groups is 1. The molecule has 0 bridgehead atoms. The first kappa shape index (κ1) is 12.7. The third kappa shape index (κ3) is 2.24. The van der Waals surface area contributed by atoms with Crippen molar-refractivity contribution in [3.05, 3.63) is 23.3 Å². The molecule has 90 valence electrons. The van der Waals surface area contributed by atoms with Crippen LogP contribution in [0.4, 0.5) is 8.78 Å². The lowest BCUT2D eigenvalue weighted by molar-refractivity contribution is -0.0562. The quantitative estimate of drug-likeness (QED) is 0.864. The van der Waals surface area contributed by atoms with Crippen molar-refractivity contribution in [1.29, 1.82) is 0 Å². The first-order valence-corrected chi connectivity index (χ1v) is 4.68. The standard InChI is InChI=1S/C11H14F2O3/c1-7-4-9(15-2)10(16-3)5-8(7)11(12,13)6-14/h4-5,14H,6H2,1-3H3. The molecule has 1 aromatic rings. The maximum absolute atomic E-state index is 13.4. The van der Waals surface area contributed by atoms with E-state index < -0.39 is 12.5 Å². The number of halogens is 2. The number of aryl methyl sites for hydroxylation is 1. The minimum atomic E-state index is -3.27. The van der Waals surface area contributed by atoms with Gasteiger partial charge in [0.15, 0.2) is 11.5 Å². The number of aliphatic hydroxyl groups excluding tert-OH is 1. The predicted octanol–water partition coefficient (Wildman–Crippen LogP) is 2.10. The molecule has 0 aromatic heterocycles. The Hall–Kier alpha value is -1.36. The lowest BCUT2D eigenvalue weighted by atomic mass is 10.0. The number of benzene rings is 1. The van der Waals surface area contributed by atoms with Gasteiger partial charge < -0.3 is 14.6 Å². The van der Waals surface area contributed by atoms with Crippen molar-refractivity contribution in [3.8, 4) is 11.5 Å². The van der Waals surface area contributed by atoms with E-state index in [1.54, 1.807) is 0 Å². The summed E-state index contributed by atoms with van der Waals surface area (Å²) in [4.78, 5) is 0. The molecular weight excluding hydrogens is 218 g/mol. The van der Waals surface area contributed by atoms with Gasteiger partial charge in [-0.1, -0.05) is 0 Å². The number of ether oxygens (including phenoxy) is 2. The van der Waals surface area contributed by atoms with Crippen molar-refractivity contribution < 1.29 is 23.4 Å². The molecular formula is C11H14F2O3. The zero-order valence-corrected chi connectivity index (χ0v) is 9.38. The van der Waals surface area contributed by atoms with Gasteiger partial charge in [-0.25, -0.2) is 0 Å². The summed E-state index contributed by atoms with van der Waals surface area (Å²) in [6.07, 6.45) is 0. The first-order valence-electron chi connectivity index (χ1n) is 4.68. The molecule has 1 N–H and O–H groups in total. The molecule has 0 atom stereocenters. The highest BCUT2D eigenvalue weighted by Gasteiger charge is 2.33. The molecule has 0 unspecified atom stereocenters. The monoisotopic (exact) mass is 232 g/mol. The molecule has 16 heavy (non-hydrogen) atoms. The fourth-order valence-electron chi connectivity index (χ4n) is 1.46. The van der Waals surface area contributed by atoms with Crippen molar-refractivity contribution in [2.45, 2.75) is 12.8 Å². The average molecular weight is 232 g/mol. The van der Waals surface area contributed by atoms with Crippen LogP contribution in [0.3, 0.4) is 0 Å². The van der Waals surface area contributed by atoms with Crippen LogP contribution in [0.2, 0.25) is 0 Å². The summed E-state index contributed by atoms with van der Waals surface area (Å²) in [6, 6.07) is 2.64. The zero-order valence-electron chi connectivity index (χ0n) is 9.38. The van der Waals surface area contributed by atoms with E-state index in [2.05, 4.69) is 0 Å². The van der Waals surface area contributed by atoms with Crippen LogP contribution in [0.15, 0.2) is 12.1 Å². The Kier molecular flexibility index (Phi) is 3.70. The molecule has 1 rings (SSSR count). The molecule has 3 nitrogen and oxygen atoms in total. The van der Waals surface area contributed by atoms with E-state index in [1.807, 2.05) is 0 Å². The second-order valence-corrected chi connectivity index (χ2v) is 3.38. The van der Waals surface area contributed by atoms with Gasteiger partial charge >= 0.3 is 0 Å². The number of hydrogen-bond acceptors (Lipinski definition) is 3. The summed E-state index contributed by atoms with van der Waals surface area (Å²) in [6.45, 7) is 0.296. The van der Waals surface area contributed by atoms with E-state index in [4.69, 9.17) is 14.6 Å². The minimum Gasteiger partial charge on any atom is -0.493 e. The smallest absolute Gasteiger partial charge is 0.296 e.